The summed E-state index contributed by atoms with van der Waals surface area (Å²) >= 11 is 0. The van der Waals surface area contributed by atoms with Crippen LogP contribution in [0, 0.1) is 0 Å². The molecule has 1 aliphatic heterocycles. The summed E-state index contributed by atoms with van der Waals surface area (Å²) in [5.74, 6) is -0.0506. The van der Waals surface area contributed by atoms with Gasteiger partial charge in [0.2, 0.25) is 6.41 Å². The minimum absolute atomic E-state index is 0.0506. The van der Waals surface area contributed by atoms with Crippen molar-refractivity contribution in [3.8, 4) is 0 Å². The first-order chi connectivity index (χ1) is 9.74. The van der Waals surface area contributed by atoms with Crippen molar-refractivity contribution in [3.05, 3.63) is 36.7 Å². The van der Waals surface area contributed by atoms with E-state index in [0.717, 1.165) is 12.1 Å². The number of anilines is 1. The average Bonchev–Trinajstić information content (AvgIpc) is 2.52. The molecule has 2 rings (SSSR count). The molecule has 1 saturated heterocycles. The largest absolute Gasteiger partial charge is 0.380 e. The van der Waals surface area contributed by atoms with Crippen molar-refractivity contribution >= 4 is 18.0 Å². The zero-order valence-corrected chi connectivity index (χ0v) is 11.3. The third-order valence-electron chi connectivity index (χ3n) is 3.19. The summed E-state index contributed by atoms with van der Waals surface area (Å²) in [5, 5.41) is 3.10. The van der Waals surface area contributed by atoms with E-state index in [2.05, 4.69) is 16.9 Å². The lowest BCUT2D eigenvalue weighted by Gasteiger charge is -2.32. The Labute approximate surface area is 118 Å². The molecule has 0 aromatic carbocycles. The van der Waals surface area contributed by atoms with Crippen LogP contribution < -0.4 is 5.32 Å². The maximum Gasteiger partial charge on any atom is 0.255 e. The predicted molar refractivity (Wildman–Crippen MR) is 76.5 cm³/mol. The van der Waals surface area contributed by atoms with Crippen molar-refractivity contribution in [1.82, 2.24) is 14.8 Å². The van der Waals surface area contributed by atoms with Gasteiger partial charge in [0.25, 0.3) is 5.91 Å². The number of nitrogens with one attached hydrogen (secondary N) is 1. The van der Waals surface area contributed by atoms with Crippen LogP contribution in [0.5, 0.6) is 0 Å². The molecule has 0 aliphatic carbocycles. The second-order valence-electron chi connectivity index (χ2n) is 4.57. The van der Waals surface area contributed by atoms with Crippen LogP contribution in [0.15, 0.2) is 31.1 Å². The fraction of sp³-hybridized carbons (Fsp3) is 0.357. The van der Waals surface area contributed by atoms with Gasteiger partial charge in [-0.15, -0.1) is 6.58 Å². The first kappa shape index (κ1) is 14.0. The fourth-order valence-electron chi connectivity index (χ4n) is 2.06. The van der Waals surface area contributed by atoms with E-state index < -0.39 is 0 Å². The van der Waals surface area contributed by atoms with Gasteiger partial charge in [-0.3, -0.25) is 14.6 Å². The van der Waals surface area contributed by atoms with Crippen molar-refractivity contribution in [3.63, 3.8) is 0 Å². The molecular formula is C14H18N4O2. The number of pyridine rings is 1. The Kier molecular flexibility index (Phi) is 4.70. The van der Waals surface area contributed by atoms with E-state index in [1.165, 1.54) is 0 Å². The first-order valence-electron chi connectivity index (χ1n) is 6.53. The predicted octanol–water partition coefficient (Wildman–Crippen LogP) is 0.594. The summed E-state index contributed by atoms with van der Waals surface area (Å²) in [7, 11) is 0. The Morgan fingerprint density at radius 2 is 2.10 bits per heavy atom. The Balaban J connectivity index is 2.01. The van der Waals surface area contributed by atoms with Gasteiger partial charge >= 0.3 is 0 Å². The third kappa shape index (κ3) is 3.34. The Hall–Kier alpha value is -2.37. The van der Waals surface area contributed by atoms with Gasteiger partial charge in [0.15, 0.2) is 0 Å². The minimum Gasteiger partial charge on any atom is -0.380 e. The molecule has 0 unspecified atom stereocenters. The third-order valence-corrected chi connectivity index (χ3v) is 3.19. The summed E-state index contributed by atoms with van der Waals surface area (Å²) in [4.78, 5) is 30.5. The molecule has 6 nitrogen and oxygen atoms in total. The number of nitrogens with zero attached hydrogens (tertiary/aromatic N) is 3. The topological polar surface area (TPSA) is 65.5 Å². The number of rotatable bonds is 5. The smallest absolute Gasteiger partial charge is 0.255 e. The summed E-state index contributed by atoms with van der Waals surface area (Å²) in [5.41, 5.74) is 1.35. The molecule has 1 aromatic rings. The van der Waals surface area contributed by atoms with E-state index in [0.29, 0.717) is 38.3 Å². The van der Waals surface area contributed by atoms with Crippen LogP contribution in [-0.2, 0) is 4.79 Å². The summed E-state index contributed by atoms with van der Waals surface area (Å²) in [6.45, 7) is 6.53. The molecule has 2 amide bonds. The molecule has 0 saturated carbocycles. The molecule has 1 aliphatic rings. The van der Waals surface area contributed by atoms with Crippen LogP contribution in [0.3, 0.4) is 0 Å². The normalized spacial score (nSPS) is 14.8. The van der Waals surface area contributed by atoms with E-state index in [-0.39, 0.29) is 5.91 Å². The van der Waals surface area contributed by atoms with Crippen molar-refractivity contribution in [2.45, 2.75) is 0 Å². The molecule has 1 fully saturated rings. The van der Waals surface area contributed by atoms with Gasteiger partial charge in [0.1, 0.15) is 0 Å². The van der Waals surface area contributed by atoms with Gasteiger partial charge in [-0.25, -0.2) is 0 Å². The van der Waals surface area contributed by atoms with Gasteiger partial charge in [-0.2, -0.15) is 0 Å². The summed E-state index contributed by atoms with van der Waals surface area (Å²) in [6.07, 6.45) is 5.80. The zero-order valence-electron chi connectivity index (χ0n) is 11.3. The summed E-state index contributed by atoms with van der Waals surface area (Å²) < 4.78 is 0. The second-order valence-corrected chi connectivity index (χ2v) is 4.57. The van der Waals surface area contributed by atoms with E-state index in [9.17, 15) is 9.59 Å². The van der Waals surface area contributed by atoms with E-state index >= 15 is 0 Å². The highest BCUT2D eigenvalue weighted by molar-refractivity contribution is 5.94. The van der Waals surface area contributed by atoms with E-state index in [1.54, 1.807) is 34.3 Å². The number of piperazine rings is 1. The quantitative estimate of drug-likeness (QED) is 0.630. The molecule has 1 aromatic heterocycles. The highest BCUT2D eigenvalue weighted by atomic mass is 16.2. The lowest BCUT2D eigenvalue weighted by molar-refractivity contribution is -0.119. The molecule has 1 N–H and O–H groups in total. The molecule has 0 spiro atoms. The van der Waals surface area contributed by atoms with Gasteiger partial charge < -0.3 is 15.1 Å². The molecular weight excluding hydrogens is 256 g/mol. The van der Waals surface area contributed by atoms with Gasteiger partial charge in [0.05, 0.1) is 11.3 Å². The molecule has 106 valence electrons. The average molecular weight is 274 g/mol. The number of hydrogen-bond donors (Lipinski definition) is 1. The number of amides is 2. The van der Waals surface area contributed by atoms with Crippen LogP contribution in [0.1, 0.15) is 10.4 Å². The SMILES string of the molecule is C=CCNc1cncc(C(=O)N2CCN(C=O)CC2)c1. The van der Waals surface area contributed by atoms with E-state index in [4.69, 9.17) is 0 Å². The highest BCUT2D eigenvalue weighted by Crippen LogP contribution is 2.12. The second kappa shape index (κ2) is 6.70. The van der Waals surface area contributed by atoms with Crippen LogP contribution in [0.2, 0.25) is 0 Å². The lowest BCUT2D eigenvalue weighted by Crippen LogP contribution is -2.48. The maximum absolute atomic E-state index is 12.4. The minimum atomic E-state index is -0.0506. The maximum atomic E-state index is 12.4. The Morgan fingerprint density at radius 1 is 1.35 bits per heavy atom. The van der Waals surface area contributed by atoms with Crippen molar-refractivity contribution in [1.29, 1.82) is 0 Å². The summed E-state index contributed by atoms with van der Waals surface area (Å²) in [6, 6.07) is 1.78. The monoisotopic (exact) mass is 274 g/mol. The Morgan fingerprint density at radius 3 is 2.75 bits per heavy atom. The molecule has 20 heavy (non-hydrogen) atoms. The molecule has 0 bridgehead atoms. The number of carbonyl (C=O) groups is 2. The van der Waals surface area contributed by atoms with Gasteiger partial charge in [-0.05, 0) is 6.07 Å². The number of carbonyl (C=O) groups excluding carboxylic acids is 2. The standard InChI is InChI=1S/C14H18N4O2/c1-2-3-16-13-8-12(9-15-10-13)14(20)18-6-4-17(11-19)5-7-18/h2,8-11,16H,1,3-7H2. The number of aromatic nitrogens is 1. The van der Waals surface area contributed by atoms with Crippen LogP contribution in [0.25, 0.3) is 0 Å². The van der Waals surface area contributed by atoms with E-state index in [1.807, 2.05) is 0 Å². The lowest BCUT2D eigenvalue weighted by atomic mass is 10.2. The van der Waals surface area contributed by atoms with Crippen LogP contribution in [0.4, 0.5) is 5.69 Å². The van der Waals surface area contributed by atoms with Crippen LogP contribution >= 0.6 is 0 Å². The molecule has 2 heterocycles. The molecule has 0 radical (unpaired) electrons. The van der Waals surface area contributed by atoms with Crippen molar-refractivity contribution in [2.24, 2.45) is 0 Å². The number of hydrogen-bond acceptors (Lipinski definition) is 4. The van der Waals surface area contributed by atoms with Gasteiger partial charge in [0, 0.05) is 45.1 Å². The zero-order chi connectivity index (χ0) is 14.4. The highest BCUT2D eigenvalue weighted by Gasteiger charge is 2.21. The molecule has 6 heteroatoms. The fourth-order valence-corrected chi connectivity index (χ4v) is 2.06. The van der Waals surface area contributed by atoms with Gasteiger partial charge in [-0.1, -0.05) is 6.08 Å². The van der Waals surface area contributed by atoms with Crippen molar-refractivity contribution in [2.75, 3.05) is 38.0 Å². The first-order valence-corrected chi connectivity index (χ1v) is 6.53. The Bertz CT molecular complexity index is 496. The molecule has 0 atom stereocenters. The van der Waals surface area contributed by atoms with Crippen LogP contribution in [-0.4, -0.2) is 59.8 Å². The van der Waals surface area contributed by atoms with Crippen molar-refractivity contribution < 1.29 is 9.59 Å².